The quantitative estimate of drug-likeness (QED) is 0.752. The van der Waals surface area contributed by atoms with Crippen LogP contribution in [0.4, 0.5) is 0 Å². The van der Waals surface area contributed by atoms with Gasteiger partial charge in [-0.3, -0.25) is 0 Å². The summed E-state index contributed by atoms with van der Waals surface area (Å²) in [6.45, 7) is 6.86. The van der Waals surface area contributed by atoms with Crippen molar-refractivity contribution in [1.82, 2.24) is 10.3 Å². The number of nitrogens with one attached hydrogen (secondary N) is 1. The third-order valence-electron chi connectivity index (χ3n) is 3.11. The highest BCUT2D eigenvalue weighted by Crippen LogP contribution is 2.09. The normalized spacial score (nSPS) is 10.9. The molecule has 0 aliphatic heterocycles. The molecule has 0 saturated heterocycles. The zero-order valence-electron chi connectivity index (χ0n) is 12.2. The summed E-state index contributed by atoms with van der Waals surface area (Å²) in [4.78, 5) is 4.28. The fourth-order valence-corrected chi connectivity index (χ4v) is 1.89. The summed E-state index contributed by atoms with van der Waals surface area (Å²) in [7, 11) is 0. The fraction of sp³-hybridized carbons (Fsp3) is 0.438. The molecule has 0 aliphatic carbocycles. The van der Waals surface area contributed by atoms with Gasteiger partial charge in [-0.05, 0) is 32.4 Å². The van der Waals surface area contributed by atoms with Crippen molar-refractivity contribution < 1.29 is 9.15 Å². The summed E-state index contributed by atoms with van der Waals surface area (Å²) in [5.41, 5.74) is 2.24. The zero-order valence-corrected chi connectivity index (χ0v) is 12.2. The van der Waals surface area contributed by atoms with E-state index >= 15 is 0 Å². The summed E-state index contributed by atoms with van der Waals surface area (Å²) in [6, 6.07) is 10.4. The molecule has 20 heavy (non-hydrogen) atoms. The predicted octanol–water partition coefficient (Wildman–Crippen LogP) is 2.99. The molecule has 0 unspecified atom stereocenters. The largest absolute Gasteiger partial charge is 0.443 e. The van der Waals surface area contributed by atoms with E-state index < -0.39 is 0 Å². The predicted molar refractivity (Wildman–Crippen MR) is 78.4 cm³/mol. The number of hydrogen-bond donors (Lipinski definition) is 1. The second kappa shape index (κ2) is 7.82. The van der Waals surface area contributed by atoms with E-state index in [1.54, 1.807) is 0 Å². The van der Waals surface area contributed by atoms with Crippen LogP contribution in [-0.4, -0.2) is 18.1 Å². The first-order valence-electron chi connectivity index (χ1n) is 7.01. The Balaban J connectivity index is 1.52. The van der Waals surface area contributed by atoms with Gasteiger partial charge in [0.15, 0.2) is 0 Å². The maximum Gasteiger partial charge on any atom is 0.220 e. The van der Waals surface area contributed by atoms with Crippen molar-refractivity contribution in [2.24, 2.45) is 0 Å². The van der Waals surface area contributed by atoms with Crippen molar-refractivity contribution in [2.75, 3.05) is 13.2 Å². The van der Waals surface area contributed by atoms with Crippen LogP contribution >= 0.6 is 0 Å². The lowest BCUT2D eigenvalue weighted by Crippen LogP contribution is -2.16. The first-order valence-corrected chi connectivity index (χ1v) is 7.01. The minimum atomic E-state index is 0.452. The molecular weight excluding hydrogens is 252 g/mol. The highest BCUT2D eigenvalue weighted by molar-refractivity contribution is 5.14. The SMILES string of the molecule is Cc1nc(COCCCNCc2ccccc2)oc1C. The van der Waals surface area contributed by atoms with E-state index in [0.717, 1.165) is 31.0 Å². The second-order valence-electron chi connectivity index (χ2n) is 4.82. The standard InChI is InChI=1S/C16H22N2O2/c1-13-14(2)20-16(18-13)12-19-10-6-9-17-11-15-7-4-3-5-8-15/h3-5,7-8,17H,6,9-12H2,1-2H3. The smallest absolute Gasteiger partial charge is 0.220 e. The number of rotatable bonds is 8. The minimum Gasteiger partial charge on any atom is -0.443 e. The number of hydrogen-bond acceptors (Lipinski definition) is 4. The van der Waals surface area contributed by atoms with Crippen molar-refractivity contribution in [3.63, 3.8) is 0 Å². The highest BCUT2D eigenvalue weighted by atomic mass is 16.5. The van der Waals surface area contributed by atoms with Gasteiger partial charge >= 0.3 is 0 Å². The molecule has 4 nitrogen and oxygen atoms in total. The van der Waals surface area contributed by atoms with Gasteiger partial charge in [0.2, 0.25) is 5.89 Å². The molecule has 0 radical (unpaired) electrons. The number of nitrogens with zero attached hydrogens (tertiary/aromatic N) is 1. The molecule has 0 aliphatic rings. The van der Waals surface area contributed by atoms with Crippen LogP contribution in [0.1, 0.15) is 29.3 Å². The average Bonchev–Trinajstić information content (AvgIpc) is 2.78. The molecule has 1 heterocycles. The number of oxazole rings is 1. The summed E-state index contributed by atoms with van der Waals surface area (Å²) >= 11 is 0. The average molecular weight is 274 g/mol. The molecule has 1 N–H and O–H groups in total. The van der Waals surface area contributed by atoms with Crippen molar-refractivity contribution >= 4 is 0 Å². The summed E-state index contributed by atoms with van der Waals surface area (Å²) in [5, 5.41) is 3.39. The molecule has 108 valence electrons. The Labute approximate surface area is 120 Å². The van der Waals surface area contributed by atoms with E-state index in [4.69, 9.17) is 9.15 Å². The maximum absolute atomic E-state index is 5.54. The molecular formula is C16H22N2O2. The van der Waals surface area contributed by atoms with Crippen LogP contribution in [0.5, 0.6) is 0 Å². The molecule has 2 rings (SSSR count). The van der Waals surface area contributed by atoms with Crippen LogP contribution in [0.3, 0.4) is 0 Å². The molecule has 0 saturated carbocycles. The van der Waals surface area contributed by atoms with Gasteiger partial charge in [-0.2, -0.15) is 0 Å². The Kier molecular flexibility index (Phi) is 5.77. The zero-order chi connectivity index (χ0) is 14.2. The van der Waals surface area contributed by atoms with E-state index in [0.29, 0.717) is 19.1 Å². The minimum absolute atomic E-state index is 0.452. The Bertz CT molecular complexity index is 489. The number of aryl methyl sites for hydroxylation is 2. The molecule has 0 atom stereocenters. The molecule has 4 heteroatoms. The van der Waals surface area contributed by atoms with Gasteiger partial charge in [-0.25, -0.2) is 4.98 Å². The van der Waals surface area contributed by atoms with Crippen LogP contribution in [0.2, 0.25) is 0 Å². The van der Waals surface area contributed by atoms with Gasteiger partial charge in [0.05, 0.1) is 5.69 Å². The van der Waals surface area contributed by atoms with Gasteiger partial charge in [0.1, 0.15) is 12.4 Å². The van der Waals surface area contributed by atoms with Crippen molar-refractivity contribution in [1.29, 1.82) is 0 Å². The fourth-order valence-electron chi connectivity index (χ4n) is 1.89. The Morgan fingerprint density at radius 3 is 2.70 bits per heavy atom. The summed E-state index contributed by atoms with van der Waals surface area (Å²) < 4.78 is 11.0. The Morgan fingerprint density at radius 2 is 2.00 bits per heavy atom. The molecule has 0 spiro atoms. The van der Waals surface area contributed by atoms with Crippen molar-refractivity contribution in [3.8, 4) is 0 Å². The van der Waals surface area contributed by atoms with E-state index in [9.17, 15) is 0 Å². The molecule has 0 fully saturated rings. The van der Waals surface area contributed by atoms with Crippen molar-refractivity contribution in [2.45, 2.75) is 33.4 Å². The van der Waals surface area contributed by atoms with E-state index in [1.807, 2.05) is 19.9 Å². The van der Waals surface area contributed by atoms with Crippen LogP contribution in [0, 0.1) is 13.8 Å². The van der Waals surface area contributed by atoms with E-state index in [1.165, 1.54) is 5.56 Å². The van der Waals surface area contributed by atoms with Gasteiger partial charge in [-0.15, -0.1) is 0 Å². The molecule has 1 aromatic heterocycles. The van der Waals surface area contributed by atoms with Crippen LogP contribution in [0.25, 0.3) is 0 Å². The Morgan fingerprint density at radius 1 is 1.20 bits per heavy atom. The van der Waals surface area contributed by atoms with Crippen LogP contribution in [0.15, 0.2) is 34.7 Å². The maximum atomic E-state index is 5.54. The third kappa shape index (κ3) is 4.79. The van der Waals surface area contributed by atoms with Crippen LogP contribution < -0.4 is 5.32 Å². The highest BCUT2D eigenvalue weighted by Gasteiger charge is 2.04. The summed E-state index contributed by atoms with van der Waals surface area (Å²) in [5.74, 6) is 1.53. The third-order valence-corrected chi connectivity index (χ3v) is 3.11. The molecule has 2 aromatic rings. The second-order valence-corrected chi connectivity index (χ2v) is 4.82. The van der Waals surface area contributed by atoms with Gasteiger partial charge in [0.25, 0.3) is 0 Å². The number of benzene rings is 1. The number of ether oxygens (including phenoxy) is 1. The molecule has 1 aromatic carbocycles. The first-order chi connectivity index (χ1) is 9.75. The van der Waals surface area contributed by atoms with Gasteiger partial charge in [0, 0.05) is 13.2 Å². The summed E-state index contributed by atoms with van der Waals surface area (Å²) in [6.07, 6.45) is 0.978. The van der Waals surface area contributed by atoms with Crippen molar-refractivity contribution in [3.05, 3.63) is 53.2 Å². The lowest BCUT2D eigenvalue weighted by molar-refractivity contribution is 0.0998. The Hall–Kier alpha value is -1.65. The topological polar surface area (TPSA) is 47.3 Å². The lowest BCUT2D eigenvalue weighted by Gasteiger charge is -2.05. The van der Waals surface area contributed by atoms with Gasteiger partial charge in [-0.1, -0.05) is 30.3 Å². The number of aromatic nitrogens is 1. The van der Waals surface area contributed by atoms with E-state index in [2.05, 4.69) is 34.6 Å². The monoisotopic (exact) mass is 274 g/mol. The van der Waals surface area contributed by atoms with Gasteiger partial charge < -0.3 is 14.5 Å². The first kappa shape index (κ1) is 14.8. The molecule has 0 bridgehead atoms. The van der Waals surface area contributed by atoms with E-state index in [-0.39, 0.29) is 0 Å². The molecule has 0 amide bonds. The van der Waals surface area contributed by atoms with Crippen LogP contribution in [-0.2, 0) is 17.9 Å². The lowest BCUT2D eigenvalue weighted by atomic mass is 10.2.